The van der Waals surface area contributed by atoms with E-state index in [1.807, 2.05) is 6.92 Å². The number of carbonyl (C=O) groups excluding carboxylic acids is 1. The second-order valence-corrected chi connectivity index (χ2v) is 3.23. The molecular formula is C12H12FN3O. The van der Waals surface area contributed by atoms with E-state index in [0.29, 0.717) is 5.56 Å². The fraction of sp³-hybridized carbons (Fsp3) is 0.0833. The Labute approximate surface area is 98.3 Å². The van der Waals surface area contributed by atoms with Crippen LogP contribution in [0, 0.1) is 12.9 Å². The highest BCUT2D eigenvalue weighted by Gasteiger charge is 1.87. The number of hydrogen-bond acceptors (Lipinski definition) is 4. The number of nitrogens with zero attached hydrogens (tertiary/aromatic N) is 2. The third kappa shape index (κ3) is 4.83. The molecule has 2 N–H and O–H groups in total. The maximum absolute atomic E-state index is 12.0. The summed E-state index contributed by atoms with van der Waals surface area (Å²) in [6.45, 7) is 1.85. The Hall–Kier alpha value is -2.30. The van der Waals surface area contributed by atoms with Gasteiger partial charge in [-0.15, -0.1) is 0 Å². The summed E-state index contributed by atoms with van der Waals surface area (Å²) in [5.41, 5.74) is 6.67. The highest BCUT2D eigenvalue weighted by atomic mass is 19.1. The molecule has 0 unspecified atom stereocenters. The third-order valence-corrected chi connectivity index (χ3v) is 1.79. The van der Waals surface area contributed by atoms with Crippen molar-refractivity contribution in [3.05, 3.63) is 53.7 Å². The maximum atomic E-state index is 12.0. The topological polar surface area (TPSA) is 68.9 Å². The molecule has 0 saturated carbocycles. The zero-order valence-corrected chi connectivity index (χ0v) is 9.30. The second-order valence-electron chi connectivity index (χ2n) is 3.23. The minimum Gasteiger partial charge on any atom is -0.384 e. The van der Waals surface area contributed by atoms with Gasteiger partial charge in [-0.2, -0.15) is 4.39 Å². The van der Waals surface area contributed by atoms with Gasteiger partial charge in [0.1, 0.15) is 12.1 Å². The number of pyridine rings is 2. The van der Waals surface area contributed by atoms with Crippen LogP contribution in [0.5, 0.6) is 0 Å². The number of carbonyl (C=O) groups is 1. The molecule has 5 heteroatoms. The van der Waals surface area contributed by atoms with Crippen LogP contribution in [0.15, 0.2) is 36.5 Å². The van der Waals surface area contributed by atoms with E-state index in [1.54, 1.807) is 18.3 Å². The Morgan fingerprint density at radius 2 is 2.12 bits per heavy atom. The Kier molecular flexibility index (Phi) is 4.75. The minimum absolute atomic E-state index is 0.213. The number of rotatable bonds is 1. The van der Waals surface area contributed by atoms with E-state index in [0.717, 1.165) is 12.0 Å². The van der Waals surface area contributed by atoms with Gasteiger partial charge >= 0.3 is 0 Å². The van der Waals surface area contributed by atoms with Crippen molar-refractivity contribution in [2.75, 3.05) is 5.73 Å². The number of anilines is 1. The third-order valence-electron chi connectivity index (χ3n) is 1.79. The van der Waals surface area contributed by atoms with Crippen LogP contribution >= 0.6 is 0 Å². The second kappa shape index (κ2) is 6.32. The van der Waals surface area contributed by atoms with Gasteiger partial charge in [0, 0.05) is 17.5 Å². The molecule has 0 aliphatic carbocycles. The number of halogens is 1. The fourth-order valence-corrected chi connectivity index (χ4v) is 1.06. The summed E-state index contributed by atoms with van der Waals surface area (Å²) < 4.78 is 12.0. The first-order valence-electron chi connectivity index (χ1n) is 4.87. The van der Waals surface area contributed by atoms with Gasteiger partial charge in [0.15, 0.2) is 0 Å². The predicted molar refractivity (Wildman–Crippen MR) is 63.0 cm³/mol. The molecule has 2 aromatic heterocycles. The Morgan fingerprint density at radius 3 is 2.53 bits per heavy atom. The van der Waals surface area contributed by atoms with E-state index in [-0.39, 0.29) is 5.82 Å². The molecule has 0 fully saturated rings. The smallest absolute Gasteiger partial charge is 0.214 e. The molecular weight excluding hydrogens is 221 g/mol. The molecule has 2 aromatic rings. The molecule has 0 atom stereocenters. The van der Waals surface area contributed by atoms with Gasteiger partial charge in [0.25, 0.3) is 0 Å². The summed E-state index contributed by atoms with van der Waals surface area (Å²) >= 11 is 0. The lowest BCUT2D eigenvalue weighted by molar-refractivity contribution is 0.112. The molecule has 0 aliphatic rings. The fourth-order valence-electron chi connectivity index (χ4n) is 1.06. The molecule has 2 rings (SSSR count). The van der Waals surface area contributed by atoms with Crippen molar-refractivity contribution in [3.63, 3.8) is 0 Å². The Balaban J connectivity index is 0.000000171. The van der Waals surface area contributed by atoms with Crippen LogP contribution in [0.1, 0.15) is 16.1 Å². The van der Waals surface area contributed by atoms with E-state index in [4.69, 9.17) is 5.73 Å². The Bertz CT molecular complexity index is 485. The van der Waals surface area contributed by atoms with Gasteiger partial charge in [0.05, 0.1) is 0 Å². The van der Waals surface area contributed by atoms with Crippen LogP contribution < -0.4 is 5.73 Å². The van der Waals surface area contributed by atoms with Gasteiger partial charge in [0.2, 0.25) is 5.95 Å². The standard InChI is InChI=1S/C7H7NO.C5H5FN2/c1-6-4-7(5-9)2-3-8-6;6-4-2-1-3-5(7)8-4/h2-5H,1H3;1-3H,(H2,7,8). The molecule has 2 heterocycles. The number of nitrogens with two attached hydrogens (primary N) is 1. The SMILES string of the molecule is Cc1cc(C=O)ccn1.Nc1cccc(F)n1. The lowest BCUT2D eigenvalue weighted by atomic mass is 10.2. The maximum Gasteiger partial charge on any atom is 0.214 e. The van der Waals surface area contributed by atoms with Gasteiger partial charge < -0.3 is 5.73 Å². The molecule has 0 saturated heterocycles. The van der Waals surface area contributed by atoms with Crippen molar-refractivity contribution in [2.45, 2.75) is 6.92 Å². The summed E-state index contributed by atoms with van der Waals surface area (Å²) in [5, 5.41) is 0. The van der Waals surface area contributed by atoms with E-state index in [1.165, 1.54) is 18.2 Å². The first-order valence-corrected chi connectivity index (χ1v) is 4.87. The average Bonchev–Trinajstić information content (AvgIpc) is 2.29. The molecule has 0 bridgehead atoms. The van der Waals surface area contributed by atoms with E-state index in [2.05, 4.69) is 9.97 Å². The minimum atomic E-state index is -0.537. The van der Waals surface area contributed by atoms with Crippen molar-refractivity contribution in [1.82, 2.24) is 9.97 Å². The monoisotopic (exact) mass is 233 g/mol. The van der Waals surface area contributed by atoms with Crippen molar-refractivity contribution in [2.24, 2.45) is 0 Å². The summed E-state index contributed by atoms with van der Waals surface area (Å²) in [6, 6.07) is 7.71. The molecule has 0 radical (unpaired) electrons. The molecule has 88 valence electrons. The number of aldehydes is 1. The highest BCUT2D eigenvalue weighted by molar-refractivity contribution is 5.74. The van der Waals surface area contributed by atoms with Crippen molar-refractivity contribution in [1.29, 1.82) is 0 Å². The number of nitrogen functional groups attached to an aromatic ring is 1. The van der Waals surface area contributed by atoms with Crippen LogP contribution in [0.25, 0.3) is 0 Å². The lowest BCUT2D eigenvalue weighted by Gasteiger charge is -1.89. The molecule has 17 heavy (non-hydrogen) atoms. The van der Waals surface area contributed by atoms with Crippen molar-refractivity contribution in [3.8, 4) is 0 Å². The first-order chi connectivity index (χ1) is 8.11. The zero-order chi connectivity index (χ0) is 12.7. The number of hydrogen-bond donors (Lipinski definition) is 1. The van der Waals surface area contributed by atoms with Crippen LogP contribution in [0.2, 0.25) is 0 Å². The lowest BCUT2D eigenvalue weighted by Crippen LogP contribution is -1.90. The number of aryl methyl sites for hydroxylation is 1. The average molecular weight is 233 g/mol. The van der Waals surface area contributed by atoms with Gasteiger partial charge in [-0.05, 0) is 31.2 Å². The highest BCUT2D eigenvalue weighted by Crippen LogP contribution is 1.96. The van der Waals surface area contributed by atoms with Crippen LogP contribution in [0.4, 0.5) is 10.2 Å². The molecule has 0 amide bonds. The van der Waals surface area contributed by atoms with Crippen LogP contribution in [0.3, 0.4) is 0 Å². The molecule has 0 aromatic carbocycles. The zero-order valence-electron chi connectivity index (χ0n) is 9.30. The van der Waals surface area contributed by atoms with Gasteiger partial charge in [-0.1, -0.05) is 6.07 Å². The van der Waals surface area contributed by atoms with E-state index < -0.39 is 5.95 Å². The molecule has 0 aliphatic heterocycles. The summed E-state index contributed by atoms with van der Waals surface area (Å²) in [7, 11) is 0. The normalized spacial score (nSPS) is 9.06. The quantitative estimate of drug-likeness (QED) is 0.604. The summed E-state index contributed by atoms with van der Waals surface area (Å²) in [5.74, 6) is -0.324. The Morgan fingerprint density at radius 1 is 1.35 bits per heavy atom. The van der Waals surface area contributed by atoms with E-state index in [9.17, 15) is 9.18 Å². The number of aromatic nitrogens is 2. The van der Waals surface area contributed by atoms with Crippen LogP contribution in [-0.2, 0) is 0 Å². The predicted octanol–water partition coefficient (Wildman–Crippen LogP) is 2.01. The van der Waals surface area contributed by atoms with Crippen LogP contribution in [-0.4, -0.2) is 16.3 Å². The summed E-state index contributed by atoms with van der Waals surface area (Å²) in [6.07, 6.45) is 2.44. The molecule has 4 nitrogen and oxygen atoms in total. The van der Waals surface area contributed by atoms with Gasteiger partial charge in [-0.25, -0.2) is 4.98 Å². The van der Waals surface area contributed by atoms with Crippen molar-refractivity contribution < 1.29 is 9.18 Å². The largest absolute Gasteiger partial charge is 0.384 e. The van der Waals surface area contributed by atoms with Gasteiger partial charge in [-0.3, -0.25) is 9.78 Å². The van der Waals surface area contributed by atoms with E-state index >= 15 is 0 Å². The van der Waals surface area contributed by atoms with Crippen molar-refractivity contribution >= 4 is 12.1 Å². The molecule has 0 spiro atoms. The first kappa shape index (κ1) is 12.8. The summed E-state index contributed by atoms with van der Waals surface area (Å²) in [4.78, 5) is 17.3.